The summed E-state index contributed by atoms with van der Waals surface area (Å²) < 4.78 is 0. The number of nitrogens with zero attached hydrogens (tertiary/aromatic N) is 1. The molecule has 1 atom stereocenters. The average molecular weight is 410 g/mol. The van der Waals surface area contributed by atoms with Gasteiger partial charge in [-0.05, 0) is 61.9 Å². The number of thioether (sulfide) groups is 2. The molecule has 1 aromatic carbocycles. The van der Waals surface area contributed by atoms with Gasteiger partial charge in [0.15, 0.2) is 0 Å². The summed E-state index contributed by atoms with van der Waals surface area (Å²) in [7, 11) is 0. The zero-order valence-electron chi connectivity index (χ0n) is 16.5. The van der Waals surface area contributed by atoms with Gasteiger partial charge in [-0.15, -0.1) is 11.8 Å². The van der Waals surface area contributed by atoms with Gasteiger partial charge in [-0.1, -0.05) is 36.7 Å². The minimum Gasteiger partial charge on any atom is -0.396 e. The topological polar surface area (TPSA) is 62.0 Å². The lowest BCUT2D eigenvalue weighted by atomic mass is 10.1. The molecule has 1 aromatic rings. The Hall–Kier alpha value is -0.950. The molecule has 150 valence electrons. The summed E-state index contributed by atoms with van der Waals surface area (Å²) in [4.78, 5) is 8.86. The minimum absolute atomic E-state index is 0.0397. The molecular formula is C21H31NO3S2. The van der Waals surface area contributed by atoms with E-state index in [1.165, 1.54) is 33.8 Å². The molecule has 0 amide bonds. The monoisotopic (exact) mass is 409 g/mol. The Labute approximate surface area is 171 Å². The zero-order chi connectivity index (χ0) is 19.6. The molecule has 1 aliphatic heterocycles. The van der Waals surface area contributed by atoms with Crippen molar-refractivity contribution in [2.45, 2.75) is 67.9 Å². The number of fused-ring (bicyclic) bond motifs is 1. The van der Waals surface area contributed by atoms with Crippen LogP contribution in [0, 0.1) is 13.8 Å². The van der Waals surface area contributed by atoms with Crippen LogP contribution < -0.4 is 0 Å². The standard InChI is InChI=1S/C21H31NO3S2/c1-4-5-6-7-10-25-22-13-17(8-9-23)21-20(14-24)26-18-11-15(2)16(3)12-19(18)27-21/h11-13,20,23-24H,4-10,14H2,1-3H3/b21-17-,22-13+. The third-order valence-electron chi connectivity index (χ3n) is 4.58. The first kappa shape index (κ1) is 22.3. The Morgan fingerprint density at radius 2 is 1.89 bits per heavy atom. The Bertz CT molecular complexity index is 674. The van der Waals surface area contributed by atoms with Gasteiger partial charge in [-0.2, -0.15) is 0 Å². The predicted molar refractivity (Wildman–Crippen MR) is 116 cm³/mol. The normalized spacial score (nSPS) is 18.6. The summed E-state index contributed by atoms with van der Waals surface area (Å²) in [6, 6.07) is 4.40. The molecule has 0 spiro atoms. The lowest BCUT2D eigenvalue weighted by Gasteiger charge is -2.27. The highest BCUT2D eigenvalue weighted by Crippen LogP contribution is 2.49. The molecule has 1 aliphatic rings. The first-order chi connectivity index (χ1) is 13.1. The number of rotatable bonds is 10. The van der Waals surface area contributed by atoms with Crippen molar-refractivity contribution in [2.75, 3.05) is 19.8 Å². The molecular weight excluding hydrogens is 378 g/mol. The Morgan fingerprint density at radius 1 is 1.15 bits per heavy atom. The van der Waals surface area contributed by atoms with Crippen molar-refractivity contribution in [3.05, 3.63) is 33.7 Å². The summed E-state index contributed by atoms with van der Waals surface area (Å²) >= 11 is 3.36. The molecule has 0 fully saturated rings. The van der Waals surface area contributed by atoms with Crippen molar-refractivity contribution in [1.82, 2.24) is 0 Å². The second-order valence-electron chi connectivity index (χ2n) is 6.77. The Morgan fingerprint density at radius 3 is 2.56 bits per heavy atom. The van der Waals surface area contributed by atoms with Crippen LogP contribution in [0.15, 0.2) is 37.6 Å². The molecule has 0 aromatic heterocycles. The van der Waals surface area contributed by atoms with E-state index in [1.54, 1.807) is 29.7 Å². The highest BCUT2D eigenvalue weighted by atomic mass is 32.2. The van der Waals surface area contributed by atoms with Gasteiger partial charge in [-0.3, -0.25) is 0 Å². The summed E-state index contributed by atoms with van der Waals surface area (Å²) in [5.41, 5.74) is 3.46. The van der Waals surface area contributed by atoms with Crippen molar-refractivity contribution < 1.29 is 15.1 Å². The predicted octanol–water partition coefficient (Wildman–Crippen LogP) is 5.08. The highest BCUT2D eigenvalue weighted by Gasteiger charge is 2.27. The summed E-state index contributed by atoms with van der Waals surface area (Å²) in [6.07, 6.45) is 6.80. The number of aryl methyl sites for hydroxylation is 2. The van der Waals surface area contributed by atoms with Crippen LogP contribution in [0.2, 0.25) is 0 Å². The van der Waals surface area contributed by atoms with Crippen molar-refractivity contribution in [3.8, 4) is 0 Å². The van der Waals surface area contributed by atoms with Gasteiger partial charge in [0, 0.05) is 21.3 Å². The molecule has 0 bridgehead atoms. The third-order valence-corrected chi connectivity index (χ3v) is 7.44. The maximum absolute atomic E-state index is 9.91. The molecule has 0 aliphatic carbocycles. The van der Waals surface area contributed by atoms with Crippen LogP contribution in [0.3, 0.4) is 0 Å². The van der Waals surface area contributed by atoms with E-state index >= 15 is 0 Å². The molecule has 6 heteroatoms. The minimum atomic E-state index is -0.0397. The van der Waals surface area contributed by atoms with E-state index in [4.69, 9.17) is 4.84 Å². The van der Waals surface area contributed by atoms with Gasteiger partial charge in [0.25, 0.3) is 0 Å². The van der Waals surface area contributed by atoms with Crippen LogP contribution in [0.25, 0.3) is 0 Å². The van der Waals surface area contributed by atoms with Gasteiger partial charge in [0.1, 0.15) is 6.61 Å². The molecule has 2 N–H and O–H groups in total. The number of hydrogen-bond donors (Lipinski definition) is 2. The van der Waals surface area contributed by atoms with Crippen molar-refractivity contribution in [1.29, 1.82) is 0 Å². The van der Waals surface area contributed by atoms with E-state index < -0.39 is 0 Å². The van der Waals surface area contributed by atoms with Crippen molar-refractivity contribution in [2.24, 2.45) is 5.16 Å². The first-order valence-corrected chi connectivity index (χ1v) is 11.4. The number of benzene rings is 1. The Kier molecular flexibility index (Phi) is 9.76. The molecule has 1 unspecified atom stereocenters. The van der Waals surface area contributed by atoms with Gasteiger partial charge < -0.3 is 15.1 Å². The molecule has 1 heterocycles. The smallest absolute Gasteiger partial charge is 0.117 e. The SMILES string of the molecule is CCCCCCO/N=C/C(CCO)=C1\Sc2cc(C)c(C)cc2SC1CO. The van der Waals surface area contributed by atoms with E-state index in [9.17, 15) is 10.2 Å². The molecule has 2 rings (SSSR count). The number of aliphatic hydroxyl groups excluding tert-OH is 2. The Balaban J connectivity index is 2.16. The average Bonchev–Trinajstić information content (AvgIpc) is 2.66. The maximum Gasteiger partial charge on any atom is 0.117 e. The van der Waals surface area contributed by atoms with E-state index in [1.807, 2.05) is 0 Å². The zero-order valence-corrected chi connectivity index (χ0v) is 18.2. The fourth-order valence-corrected chi connectivity index (χ4v) is 5.58. The van der Waals surface area contributed by atoms with Crippen molar-refractivity contribution >= 4 is 29.7 Å². The van der Waals surface area contributed by atoms with Gasteiger partial charge in [0.05, 0.1) is 18.1 Å². The number of hydrogen-bond acceptors (Lipinski definition) is 6. The highest BCUT2D eigenvalue weighted by molar-refractivity contribution is 8.08. The molecule has 27 heavy (non-hydrogen) atoms. The fourth-order valence-electron chi connectivity index (χ4n) is 2.84. The second kappa shape index (κ2) is 11.8. The molecule has 0 saturated carbocycles. The van der Waals surface area contributed by atoms with Crippen LogP contribution in [0.1, 0.15) is 50.2 Å². The largest absolute Gasteiger partial charge is 0.396 e. The van der Waals surface area contributed by atoms with Crippen LogP contribution in [-0.2, 0) is 4.84 Å². The van der Waals surface area contributed by atoms with Crippen molar-refractivity contribution in [3.63, 3.8) is 0 Å². The van der Waals surface area contributed by atoms with Crippen LogP contribution in [0.4, 0.5) is 0 Å². The summed E-state index contributed by atoms with van der Waals surface area (Å²) in [5, 5.41) is 23.5. The van der Waals surface area contributed by atoms with Crippen LogP contribution >= 0.6 is 23.5 Å². The maximum atomic E-state index is 9.91. The van der Waals surface area contributed by atoms with Gasteiger partial charge >= 0.3 is 0 Å². The number of oxime groups is 1. The van der Waals surface area contributed by atoms with E-state index in [-0.39, 0.29) is 18.5 Å². The van der Waals surface area contributed by atoms with E-state index in [0.717, 1.165) is 23.3 Å². The van der Waals surface area contributed by atoms with E-state index in [0.29, 0.717) is 13.0 Å². The third kappa shape index (κ3) is 6.56. The number of aliphatic hydroxyl groups is 2. The quantitative estimate of drug-likeness (QED) is 0.320. The van der Waals surface area contributed by atoms with Gasteiger partial charge in [0.2, 0.25) is 0 Å². The molecule has 0 saturated heterocycles. The summed E-state index contributed by atoms with van der Waals surface area (Å²) in [5.74, 6) is 0. The lowest BCUT2D eigenvalue weighted by Crippen LogP contribution is -2.16. The van der Waals surface area contributed by atoms with Crippen LogP contribution in [0.5, 0.6) is 0 Å². The van der Waals surface area contributed by atoms with E-state index in [2.05, 4.69) is 38.1 Å². The fraction of sp³-hybridized carbons (Fsp3) is 0.571. The van der Waals surface area contributed by atoms with Crippen LogP contribution in [-0.4, -0.2) is 41.5 Å². The molecule has 4 nitrogen and oxygen atoms in total. The van der Waals surface area contributed by atoms with Gasteiger partial charge in [-0.25, -0.2) is 0 Å². The number of unbranched alkanes of at least 4 members (excludes halogenated alkanes) is 3. The first-order valence-electron chi connectivity index (χ1n) is 9.66. The molecule has 0 radical (unpaired) electrons. The second-order valence-corrected chi connectivity index (χ2v) is 9.09. The summed E-state index contributed by atoms with van der Waals surface area (Å²) in [6.45, 7) is 7.13. The lowest BCUT2D eigenvalue weighted by molar-refractivity contribution is 0.141.